The second-order valence-electron chi connectivity index (χ2n) is 6.33. The number of aryl methyl sites for hydroxylation is 2. The van der Waals surface area contributed by atoms with Crippen molar-refractivity contribution in [3.63, 3.8) is 0 Å². The Bertz CT molecular complexity index is 975. The van der Waals surface area contributed by atoms with Gasteiger partial charge in [-0.25, -0.2) is 0 Å². The van der Waals surface area contributed by atoms with Gasteiger partial charge in [-0.15, -0.1) is 0 Å². The minimum atomic E-state index is -0.0665. The Morgan fingerprint density at radius 1 is 1.08 bits per heavy atom. The van der Waals surface area contributed by atoms with E-state index in [1.807, 2.05) is 48.5 Å². The zero-order valence-corrected chi connectivity index (χ0v) is 15.0. The van der Waals surface area contributed by atoms with Gasteiger partial charge in [0, 0.05) is 24.0 Å². The number of methoxy groups -OCH3 is 1. The Labute approximate surface area is 152 Å². The first kappa shape index (κ1) is 17.7. The summed E-state index contributed by atoms with van der Waals surface area (Å²) >= 11 is 0. The molecule has 0 saturated heterocycles. The number of rotatable bonds is 6. The molecule has 0 aliphatic rings. The largest absolute Gasteiger partial charge is 0.497 e. The average molecular weight is 350 g/mol. The number of aromatic nitrogens is 1. The molecule has 0 fully saturated rings. The molecule has 1 aromatic heterocycles. The number of carbonyl (C=O) groups is 1. The van der Waals surface area contributed by atoms with Crippen molar-refractivity contribution < 1.29 is 9.53 Å². The first-order valence-electron chi connectivity index (χ1n) is 8.57. The summed E-state index contributed by atoms with van der Waals surface area (Å²) in [6.07, 6.45) is 1.08. The predicted octanol–water partition coefficient (Wildman–Crippen LogP) is 3.09. The van der Waals surface area contributed by atoms with Crippen LogP contribution >= 0.6 is 0 Å². The molecule has 0 spiro atoms. The molecule has 1 amide bonds. The van der Waals surface area contributed by atoms with Gasteiger partial charge in [-0.1, -0.05) is 18.2 Å². The van der Waals surface area contributed by atoms with Gasteiger partial charge in [0.05, 0.1) is 7.11 Å². The molecule has 0 saturated carbocycles. The standard InChI is InChI=1S/C21H22N2O3/c1-14-11-17-12-15(5-9-19(17)23-21(14)25)6-10-20(24)22-13-16-3-7-18(26-2)8-4-16/h3-5,7-9,11-12H,6,10,13H2,1-2H3,(H,22,24)(H,23,25). The summed E-state index contributed by atoms with van der Waals surface area (Å²) in [5.74, 6) is 0.812. The van der Waals surface area contributed by atoms with Crippen LogP contribution in [-0.2, 0) is 17.8 Å². The number of aromatic amines is 1. The monoisotopic (exact) mass is 350 g/mol. The van der Waals surface area contributed by atoms with E-state index >= 15 is 0 Å². The molecule has 0 aliphatic carbocycles. The Morgan fingerprint density at radius 3 is 2.54 bits per heavy atom. The first-order chi connectivity index (χ1) is 12.5. The molecule has 26 heavy (non-hydrogen) atoms. The molecule has 2 N–H and O–H groups in total. The molecule has 0 unspecified atom stereocenters. The van der Waals surface area contributed by atoms with E-state index in [1.54, 1.807) is 14.0 Å². The van der Waals surface area contributed by atoms with Crippen molar-refractivity contribution >= 4 is 16.8 Å². The van der Waals surface area contributed by atoms with Crippen LogP contribution in [0.5, 0.6) is 5.75 Å². The molecule has 0 atom stereocenters. The van der Waals surface area contributed by atoms with Crippen LogP contribution in [-0.4, -0.2) is 18.0 Å². The highest BCUT2D eigenvalue weighted by molar-refractivity contribution is 5.80. The van der Waals surface area contributed by atoms with Crippen molar-refractivity contribution in [2.45, 2.75) is 26.3 Å². The molecule has 0 bridgehead atoms. The highest BCUT2D eigenvalue weighted by Gasteiger charge is 2.05. The van der Waals surface area contributed by atoms with E-state index in [2.05, 4.69) is 10.3 Å². The minimum absolute atomic E-state index is 0.0126. The zero-order chi connectivity index (χ0) is 18.5. The van der Waals surface area contributed by atoms with E-state index in [1.165, 1.54) is 0 Å². The van der Waals surface area contributed by atoms with Gasteiger partial charge < -0.3 is 15.0 Å². The van der Waals surface area contributed by atoms with Gasteiger partial charge in [0.15, 0.2) is 0 Å². The number of hydrogen-bond donors (Lipinski definition) is 2. The smallest absolute Gasteiger partial charge is 0.251 e. The van der Waals surface area contributed by atoms with Gasteiger partial charge in [-0.05, 0) is 60.2 Å². The lowest BCUT2D eigenvalue weighted by molar-refractivity contribution is -0.121. The predicted molar refractivity (Wildman–Crippen MR) is 102 cm³/mol. The third kappa shape index (κ3) is 4.30. The third-order valence-corrected chi connectivity index (χ3v) is 4.38. The Hall–Kier alpha value is -3.08. The maximum atomic E-state index is 12.1. The molecule has 3 aromatic rings. The summed E-state index contributed by atoms with van der Waals surface area (Å²) in [6.45, 7) is 2.29. The lowest BCUT2D eigenvalue weighted by Crippen LogP contribution is -2.22. The van der Waals surface area contributed by atoms with E-state index in [0.717, 1.165) is 27.8 Å². The highest BCUT2D eigenvalue weighted by atomic mass is 16.5. The summed E-state index contributed by atoms with van der Waals surface area (Å²) < 4.78 is 5.12. The second kappa shape index (κ2) is 7.87. The Kier molecular flexibility index (Phi) is 5.37. The van der Waals surface area contributed by atoms with Gasteiger partial charge in [-0.3, -0.25) is 9.59 Å². The Morgan fingerprint density at radius 2 is 1.81 bits per heavy atom. The number of H-pyrrole nitrogens is 1. The lowest BCUT2D eigenvalue weighted by Gasteiger charge is -2.07. The van der Waals surface area contributed by atoms with E-state index in [4.69, 9.17) is 4.74 Å². The number of hydrogen-bond acceptors (Lipinski definition) is 3. The van der Waals surface area contributed by atoms with Crippen molar-refractivity contribution in [3.8, 4) is 5.75 Å². The van der Waals surface area contributed by atoms with Crippen LogP contribution in [0.3, 0.4) is 0 Å². The molecule has 3 rings (SSSR count). The fourth-order valence-electron chi connectivity index (χ4n) is 2.81. The second-order valence-corrected chi connectivity index (χ2v) is 6.33. The number of nitrogens with one attached hydrogen (secondary N) is 2. The third-order valence-electron chi connectivity index (χ3n) is 4.38. The summed E-state index contributed by atoms with van der Waals surface area (Å²) in [5, 5.41) is 3.92. The Balaban J connectivity index is 1.56. The number of amides is 1. The normalized spacial score (nSPS) is 10.7. The summed E-state index contributed by atoms with van der Waals surface area (Å²) in [7, 11) is 1.63. The van der Waals surface area contributed by atoms with E-state index in [9.17, 15) is 9.59 Å². The van der Waals surface area contributed by atoms with Crippen molar-refractivity contribution in [3.05, 3.63) is 75.6 Å². The van der Waals surface area contributed by atoms with Crippen LogP contribution in [0.1, 0.15) is 23.1 Å². The molecule has 5 heteroatoms. The quantitative estimate of drug-likeness (QED) is 0.718. The van der Waals surface area contributed by atoms with E-state index in [0.29, 0.717) is 24.9 Å². The van der Waals surface area contributed by atoms with Gasteiger partial charge in [0.2, 0.25) is 5.91 Å². The lowest BCUT2D eigenvalue weighted by atomic mass is 10.1. The number of pyridine rings is 1. The maximum Gasteiger partial charge on any atom is 0.251 e. The topological polar surface area (TPSA) is 71.2 Å². The van der Waals surface area contributed by atoms with Crippen LogP contribution in [0.4, 0.5) is 0 Å². The highest BCUT2D eigenvalue weighted by Crippen LogP contribution is 2.15. The molecular formula is C21H22N2O3. The summed E-state index contributed by atoms with van der Waals surface area (Å²) in [4.78, 5) is 26.6. The number of benzene rings is 2. The molecule has 0 aliphatic heterocycles. The minimum Gasteiger partial charge on any atom is -0.497 e. The number of fused-ring (bicyclic) bond motifs is 1. The van der Waals surface area contributed by atoms with Crippen molar-refractivity contribution in [1.29, 1.82) is 0 Å². The van der Waals surface area contributed by atoms with Crippen molar-refractivity contribution in [1.82, 2.24) is 10.3 Å². The fraction of sp³-hybridized carbons (Fsp3) is 0.238. The molecular weight excluding hydrogens is 328 g/mol. The van der Waals surface area contributed by atoms with Crippen LogP contribution < -0.4 is 15.6 Å². The van der Waals surface area contributed by atoms with E-state index < -0.39 is 0 Å². The van der Waals surface area contributed by atoms with E-state index in [-0.39, 0.29) is 11.5 Å². The van der Waals surface area contributed by atoms with Gasteiger partial charge in [-0.2, -0.15) is 0 Å². The SMILES string of the molecule is COc1ccc(CNC(=O)CCc2ccc3[nH]c(=O)c(C)cc3c2)cc1. The average Bonchev–Trinajstić information content (AvgIpc) is 2.66. The van der Waals surface area contributed by atoms with Gasteiger partial charge in [0.25, 0.3) is 5.56 Å². The first-order valence-corrected chi connectivity index (χ1v) is 8.57. The van der Waals surface area contributed by atoms with Gasteiger partial charge >= 0.3 is 0 Å². The molecule has 0 radical (unpaired) electrons. The number of ether oxygens (including phenoxy) is 1. The molecule has 2 aromatic carbocycles. The molecule has 1 heterocycles. The zero-order valence-electron chi connectivity index (χ0n) is 15.0. The van der Waals surface area contributed by atoms with Crippen LogP contribution in [0.15, 0.2) is 53.3 Å². The van der Waals surface area contributed by atoms with Gasteiger partial charge in [0.1, 0.15) is 5.75 Å². The van der Waals surface area contributed by atoms with Crippen LogP contribution in [0.2, 0.25) is 0 Å². The number of carbonyl (C=O) groups excluding carboxylic acids is 1. The fourth-order valence-corrected chi connectivity index (χ4v) is 2.81. The van der Waals surface area contributed by atoms with Crippen LogP contribution in [0, 0.1) is 6.92 Å². The molecule has 5 nitrogen and oxygen atoms in total. The maximum absolute atomic E-state index is 12.1. The van der Waals surface area contributed by atoms with Crippen LogP contribution in [0.25, 0.3) is 10.9 Å². The summed E-state index contributed by atoms with van der Waals surface area (Å²) in [5.41, 5.74) is 3.54. The summed E-state index contributed by atoms with van der Waals surface area (Å²) in [6, 6.07) is 15.4. The molecule has 134 valence electrons. The van der Waals surface area contributed by atoms with Crippen molar-refractivity contribution in [2.75, 3.05) is 7.11 Å². The van der Waals surface area contributed by atoms with Crippen molar-refractivity contribution in [2.24, 2.45) is 0 Å².